The molecule has 0 atom stereocenters. The fraction of sp³-hybridized carbons (Fsp3) is 0. The molecule has 4 rings (SSSR count). The van der Waals surface area contributed by atoms with E-state index in [1.807, 2.05) is 109 Å². The van der Waals surface area contributed by atoms with Gasteiger partial charge in [-0.25, -0.2) is 0 Å². The molecule has 0 unspecified atom stereocenters. The van der Waals surface area contributed by atoms with Crippen molar-refractivity contribution in [2.75, 3.05) is 11.5 Å². The van der Waals surface area contributed by atoms with Crippen LogP contribution in [0.2, 0.25) is 0 Å². The molecule has 0 amide bonds. The summed E-state index contributed by atoms with van der Waals surface area (Å²) in [6.45, 7) is 0. The Morgan fingerprint density at radius 3 is 1.28 bits per heavy atom. The van der Waals surface area contributed by atoms with Gasteiger partial charge in [0.15, 0.2) is 0 Å². The smallest absolute Gasteiger partial charge is 0.506 e. The molecule has 0 spiro atoms. The second kappa shape index (κ2) is 8.12. The summed E-state index contributed by atoms with van der Waals surface area (Å²) in [4.78, 5) is 0. The van der Waals surface area contributed by atoms with E-state index in [1.54, 1.807) is 0 Å². The lowest BCUT2D eigenvalue weighted by Crippen LogP contribution is -2.68. The van der Waals surface area contributed by atoms with Crippen LogP contribution in [0.5, 0.6) is 11.5 Å². The predicted molar refractivity (Wildman–Crippen MR) is 121 cm³/mol. The molecule has 0 saturated heterocycles. The lowest BCUT2D eigenvalue weighted by atomic mass is 10.3. The maximum absolute atomic E-state index is 6.69. The average molecular weight is 399 g/mol. The molecule has 0 heterocycles. The van der Waals surface area contributed by atoms with Crippen LogP contribution in [-0.4, -0.2) is 8.56 Å². The van der Waals surface area contributed by atoms with Crippen LogP contribution in [0.25, 0.3) is 0 Å². The Balaban J connectivity index is 1.91. The van der Waals surface area contributed by atoms with Gasteiger partial charge in [0.1, 0.15) is 11.5 Å². The predicted octanol–water partition coefficient (Wildman–Crippen LogP) is 3.57. The van der Waals surface area contributed by atoms with Crippen LogP contribution in [0.3, 0.4) is 0 Å². The molecule has 0 fully saturated rings. The topological polar surface area (TPSA) is 70.5 Å². The van der Waals surface area contributed by atoms with Crippen molar-refractivity contribution >= 4 is 30.3 Å². The third kappa shape index (κ3) is 4.10. The maximum atomic E-state index is 6.69. The molecule has 0 aliphatic rings. The molecule has 0 aliphatic heterocycles. The van der Waals surface area contributed by atoms with E-state index in [4.69, 9.17) is 20.3 Å². The number of anilines is 2. The summed E-state index contributed by atoms with van der Waals surface area (Å²) in [5.41, 5.74) is 13.3. The van der Waals surface area contributed by atoms with Gasteiger partial charge in [0, 0.05) is 33.9 Å². The number of nitrogen functional groups attached to an aromatic ring is 2. The van der Waals surface area contributed by atoms with Crippen molar-refractivity contribution in [3.8, 4) is 11.5 Å². The van der Waals surface area contributed by atoms with E-state index < -0.39 is 8.56 Å². The largest absolute Gasteiger partial charge is 0.531 e. The van der Waals surface area contributed by atoms with Gasteiger partial charge in [-0.1, -0.05) is 72.8 Å². The first-order chi connectivity index (χ1) is 14.2. The van der Waals surface area contributed by atoms with Crippen LogP contribution < -0.4 is 30.7 Å². The second-order valence-electron chi connectivity index (χ2n) is 6.70. The van der Waals surface area contributed by atoms with Gasteiger partial charge in [-0.3, -0.25) is 0 Å². The molecular weight excluding hydrogens is 376 g/mol. The second-order valence-corrected chi connectivity index (χ2v) is 9.49. The van der Waals surface area contributed by atoms with Gasteiger partial charge < -0.3 is 20.3 Å². The van der Waals surface area contributed by atoms with Crippen LogP contribution in [0.15, 0.2) is 109 Å². The Hall–Kier alpha value is -3.70. The average Bonchev–Trinajstić information content (AvgIpc) is 2.75. The highest BCUT2D eigenvalue weighted by molar-refractivity contribution is 6.93. The molecule has 144 valence electrons. The molecule has 0 bridgehead atoms. The van der Waals surface area contributed by atoms with E-state index in [9.17, 15) is 0 Å². The zero-order valence-corrected chi connectivity index (χ0v) is 16.9. The summed E-state index contributed by atoms with van der Waals surface area (Å²) in [6.07, 6.45) is 0. The monoisotopic (exact) mass is 398 g/mol. The van der Waals surface area contributed by atoms with Crippen molar-refractivity contribution in [2.45, 2.75) is 0 Å². The SMILES string of the molecule is Nc1cccc(O[Si](Oc2cccc(N)c2)(c2ccccc2)c2ccccc2)c1. The number of hydrogen-bond acceptors (Lipinski definition) is 4. The summed E-state index contributed by atoms with van der Waals surface area (Å²) < 4.78 is 13.4. The highest BCUT2D eigenvalue weighted by Crippen LogP contribution is 2.24. The first-order valence-electron chi connectivity index (χ1n) is 9.36. The normalized spacial score (nSPS) is 11.0. The van der Waals surface area contributed by atoms with Crippen LogP contribution in [-0.2, 0) is 0 Å². The lowest BCUT2D eigenvalue weighted by Gasteiger charge is -2.32. The molecule has 5 heteroatoms. The first kappa shape index (κ1) is 18.7. The third-order valence-corrected chi connectivity index (χ3v) is 7.78. The third-order valence-electron chi connectivity index (χ3n) is 4.55. The standard InChI is InChI=1S/C24H22N2O2Si/c25-19-9-7-11-21(17-19)27-29(23-13-3-1-4-14-23,24-15-5-2-6-16-24)28-22-12-8-10-20(26)18-22/h1-18H,25-26H2. The van der Waals surface area contributed by atoms with Gasteiger partial charge in [-0.05, 0) is 24.3 Å². The van der Waals surface area contributed by atoms with Gasteiger partial charge in [0.05, 0.1) is 0 Å². The van der Waals surface area contributed by atoms with E-state index in [0.29, 0.717) is 22.9 Å². The first-order valence-corrected chi connectivity index (χ1v) is 11.2. The zero-order valence-electron chi connectivity index (χ0n) is 15.9. The molecular formula is C24H22N2O2Si. The molecule has 0 saturated carbocycles. The van der Waals surface area contributed by atoms with Crippen molar-refractivity contribution in [3.05, 3.63) is 109 Å². The molecule has 0 aliphatic carbocycles. The Kier molecular flexibility index (Phi) is 5.22. The lowest BCUT2D eigenvalue weighted by molar-refractivity contribution is 0.417. The van der Waals surface area contributed by atoms with Crippen molar-refractivity contribution in [3.63, 3.8) is 0 Å². The maximum Gasteiger partial charge on any atom is 0.531 e. The molecule has 4 N–H and O–H groups in total. The fourth-order valence-electron chi connectivity index (χ4n) is 3.23. The van der Waals surface area contributed by atoms with Gasteiger partial charge in [-0.2, -0.15) is 0 Å². The van der Waals surface area contributed by atoms with Crippen LogP contribution in [0.4, 0.5) is 11.4 Å². The summed E-state index contributed by atoms with van der Waals surface area (Å²) in [5.74, 6) is 1.32. The van der Waals surface area contributed by atoms with E-state index in [-0.39, 0.29) is 0 Å². The van der Waals surface area contributed by atoms with Crippen molar-refractivity contribution in [1.82, 2.24) is 0 Å². The summed E-state index contributed by atoms with van der Waals surface area (Å²) in [7, 11) is -3.19. The summed E-state index contributed by atoms with van der Waals surface area (Å²) >= 11 is 0. The Bertz CT molecular complexity index is 999. The van der Waals surface area contributed by atoms with Gasteiger partial charge in [-0.15, -0.1) is 0 Å². The summed E-state index contributed by atoms with van der Waals surface area (Å²) in [5, 5.41) is 1.96. The van der Waals surface area contributed by atoms with Crippen LogP contribution in [0.1, 0.15) is 0 Å². The molecule has 29 heavy (non-hydrogen) atoms. The quantitative estimate of drug-likeness (QED) is 0.385. The van der Waals surface area contributed by atoms with Crippen molar-refractivity contribution < 1.29 is 8.85 Å². The molecule has 4 aromatic carbocycles. The van der Waals surface area contributed by atoms with Crippen LogP contribution in [0, 0.1) is 0 Å². The van der Waals surface area contributed by atoms with E-state index >= 15 is 0 Å². The van der Waals surface area contributed by atoms with Gasteiger partial charge >= 0.3 is 8.56 Å². The summed E-state index contributed by atoms with van der Waals surface area (Å²) in [6, 6.07) is 34.9. The van der Waals surface area contributed by atoms with E-state index in [0.717, 1.165) is 10.4 Å². The minimum atomic E-state index is -3.19. The molecule has 0 aromatic heterocycles. The van der Waals surface area contributed by atoms with Crippen molar-refractivity contribution in [1.29, 1.82) is 0 Å². The van der Waals surface area contributed by atoms with Crippen molar-refractivity contribution in [2.24, 2.45) is 0 Å². The number of hydrogen-bond donors (Lipinski definition) is 2. The van der Waals surface area contributed by atoms with Gasteiger partial charge in [0.2, 0.25) is 0 Å². The zero-order chi connectivity index (χ0) is 20.1. The number of benzene rings is 4. The number of nitrogens with two attached hydrogens (primary N) is 2. The molecule has 0 radical (unpaired) electrons. The molecule has 4 aromatic rings. The van der Waals surface area contributed by atoms with E-state index in [2.05, 4.69) is 0 Å². The van der Waals surface area contributed by atoms with Crippen LogP contribution >= 0.6 is 0 Å². The number of rotatable bonds is 6. The fourth-order valence-corrected chi connectivity index (χ4v) is 6.25. The highest BCUT2D eigenvalue weighted by Gasteiger charge is 2.47. The molecule has 4 nitrogen and oxygen atoms in total. The minimum Gasteiger partial charge on any atom is -0.506 e. The Morgan fingerprint density at radius 1 is 0.483 bits per heavy atom. The highest BCUT2D eigenvalue weighted by atomic mass is 28.4. The Labute approximate surface area is 171 Å². The van der Waals surface area contributed by atoms with Gasteiger partial charge in [0.25, 0.3) is 0 Å². The Morgan fingerprint density at radius 2 is 0.897 bits per heavy atom. The van der Waals surface area contributed by atoms with E-state index in [1.165, 1.54) is 0 Å². The minimum absolute atomic E-state index is 0.635.